The molecule has 1 N–H and O–H groups in total. The standard InChI is InChI=1S/C13H17N5O3/c1-10-3-4-12(18(19)20)7-13(10)17-9-11(15-16-17)8-14-5-6-21-2/h3-4,7,9,14H,5-6,8H2,1-2H3. The second-order valence-electron chi connectivity index (χ2n) is 4.55. The fourth-order valence-corrected chi connectivity index (χ4v) is 1.85. The van der Waals surface area contributed by atoms with E-state index < -0.39 is 4.92 Å². The lowest BCUT2D eigenvalue weighted by Crippen LogP contribution is -2.18. The van der Waals surface area contributed by atoms with Crippen molar-refractivity contribution in [1.82, 2.24) is 20.3 Å². The molecule has 0 atom stereocenters. The highest BCUT2D eigenvalue weighted by atomic mass is 16.6. The highest BCUT2D eigenvalue weighted by Gasteiger charge is 2.11. The Balaban J connectivity index is 2.13. The average molecular weight is 291 g/mol. The predicted molar refractivity (Wildman–Crippen MR) is 76.3 cm³/mol. The molecule has 8 heteroatoms. The fraction of sp³-hybridized carbons (Fsp3) is 0.385. The van der Waals surface area contributed by atoms with E-state index >= 15 is 0 Å². The number of nitro groups is 1. The molecule has 21 heavy (non-hydrogen) atoms. The topological polar surface area (TPSA) is 95.1 Å². The van der Waals surface area contributed by atoms with Crippen molar-refractivity contribution in [3.63, 3.8) is 0 Å². The van der Waals surface area contributed by atoms with Crippen molar-refractivity contribution < 1.29 is 9.66 Å². The first-order chi connectivity index (χ1) is 10.1. The zero-order valence-electron chi connectivity index (χ0n) is 11.9. The van der Waals surface area contributed by atoms with Gasteiger partial charge in [0, 0.05) is 32.3 Å². The molecular weight excluding hydrogens is 274 g/mol. The summed E-state index contributed by atoms with van der Waals surface area (Å²) in [6.45, 7) is 3.78. The third-order valence-electron chi connectivity index (χ3n) is 2.98. The monoisotopic (exact) mass is 291 g/mol. The largest absolute Gasteiger partial charge is 0.383 e. The van der Waals surface area contributed by atoms with Crippen molar-refractivity contribution in [2.45, 2.75) is 13.5 Å². The minimum atomic E-state index is -0.424. The number of nitrogens with one attached hydrogen (secondary N) is 1. The van der Waals surface area contributed by atoms with Gasteiger partial charge in [0.25, 0.3) is 5.69 Å². The summed E-state index contributed by atoms with van der Waals surface area (Å²) in [6.07, 6.45) is 1.76. The zero-order chi connectivity index (χ0) is 15.2. The van der Waals surface area contributed by atoms with E-state index in [4.69, 9.17) is 4.74 Å². The third kappa shape index (κ3) is 3.83. The number of nitro benzene ring substituents is 1. The Kier molecular flexibility index (Phi) is 4.96. The number of aromatic nitrogens is 3. The minimum Gasteiger partial charge on any atom is -0.383 e. The summed E-state index contributed by atoms with van der Waals surface area (Å²) < 4.78 is 6.49. The van der Waals surface area contributed by atoms with Crippen LogP contribution in [0, 0.1) is 17.0 Å². The minimum absolute atomic E-state index is 0.0332. The molecule has 1 aromatic heterocycles. The van der Waals surface area contributed by atoms with E-state index in [9.17, 15) is 10.1 Å². The van der Waals surface area contributed by atoms with E-state index in [1.54, 1.807) is 24.1 Å². The van der Waals surface area contributed by atoms with Gasteiger partial charge in [-0.05, 0) is 12.5 Å². The van der Waals surface area contributed by atoms with Crippen LogP contribution in [-0.4, -0.2) is 40.2 Å². The summed E-state index contributed by atoms with van der Waals surface area (Å²) in [5.74, 6) is 0. The predicted octanol–water partition coefficient (Wildman–Crippen LogP) is 1.22. The molecule has 0 radical (unpaired) electrons. The molecule has 112 valence electrons. The van der Waals surface area contributed by atoms with Crippen molar-refractivity contribution in [3.05, 3.63) is 45.8 Å². The Bertz CT molecular complexity index is 626. The number of ether oxygens (including phenoxy) is 1. The van der Waals surface area contributed by atoms with Crippen LogP contribution in [0.3, 0.4) is 0 Å². The number of rotatable bonds is 7. The van der Waals surface area contributed by atoms with Gasteiger partial charge in [-0.1, -0.05) is 11.3 Å². The van der Waals surface area contributed by atoms with E-state index in [1.165, 1.54) is 12.1 Å². The molecule has 0 aliphatic heterocycles. The summed E-state index contributed by atoms with van der Waals surface area (Å²) in [4.78, 5) is 10.4. The molecule has 0 saturated carbocycles. The van der Waals surface area contributed by atoms with Gasteiger partial charge in [-0.2, -0.15) is 0 Å². The fourth-order valence-electron chi connectivity index (χ4n) is 1.85. The summed E-state index contributed by atoms with van der Waals surface area (Å²) in [7, 11) is 1.64. The Morgan fingerprint density at radius 3 is 3.00 bits per heavy atom. The molecule has 0 fully saturated rings. The molecule has 8 nitrogen and oxygen atoms in total. The van der Waals surface area contributed by atoms with Gasteiger partial charge in [-0.15, -0.1) is 5.10 Å². The van der Waals surface area contributed by atoms with Gasteiger partial charge in [0.2, 0.25) is 0 Å². The second kappa shape index (κ2) is 6.91. The Hall–Kier alpha value is -2.32. The van der Waals surface area contributed by atoms with Crippen molar-refractivity contribution >= 4 is 5.69 Å². The van der Waals surface area contributed by atoms with Gasteiger partial charge in [-0.3, -0.25) is 10.1 Å². The van der Waals surface area contributed by atoms with Crippen LogP contribution in [-0.2, 0) is 11.3 Å². The Labute approximate surface area is 121 Å². The molecule has 0 bridgehead atoms. The summed E-state index contributed by atoms with van der Waals surface area (Å²) in [5, 5.41) is 22.1. The van der Waals surface area contributed by atoms with Gasteiger partial charge in [-0.25, -0.2) is 4.68 Å². The second-order valence-corrected chi connectivity index (χ2v) is 4.55. The maximum Gasteiger partial charge on any atom is 0.271 e. The Morgan fingerprint density at radius 1 is 1.48 bits per heavy atom. The smallest absolute Gasteiger partial charge is 0.271 e. The van der Waals surface area contributed by atoms with E-state index in [1.807, 2.05) is 6.92 Å². The van der Waals surface area contributed by atoms with Crippen LogP contribution in [0.4, 0.5) is 5.69 Å². The number of non-ortho nitro benzene ring substituents is 1. The maximum absolute atomic E-state index is 10.8. The van der Waals surface area contributed by atoms with Crippen LogP contribution in [0.25, 0.3) is 5.69 Å². The number of methoxy groups -OCH3 is 1. The van der Waals surface area contributed by atoms with Gasteiger partial charge >= 0.3 is 0 Å². The number of benzene rings is 1. The van der Waals surface area contributed by atoms with E-state index in [0.717, 1.165) is 17.8 Å². The van der Waals surface area contributed by atoms with Gasteiger partial charge < -0.3 is 10.1 Å². The lowest BCUT2D eigenvalue weighted by molar-refractivity contribution is -0.384. The first-order valence-corrected chi connectivity index (χ1v) is 6.48. The summed E-state index contributed by atoms with van der Waals surface area (Å²) in [5.41, 5.74) is 2.34. The van der Waals surface area contributed by atoms with Crippen LogP contribution in [0.1, 0.15) is 11.3 Å². The van der Waals surface area contributed by atoms with Crippen molar-refractivity contribution in [3.8, 4) is 5.69 Å². The van der Waals surface area contributed by atoms with Gasteiger partial charge in [0.05, 0.1) is 29.1 Å². The van der Waals surface area contributed by atoms with Gasteiger partial charge in [0.15, 0.2) is 0 Å². The van der Waals surface area contributed by atoms with Crippen LogP contribution >= 0.6 is 0 Å². The Morgan fingerprint density at radius 2 is 2.29 bits per heavy atom. The highest BCUT2D eigenvalue weighted by molar-refractivity contribution is 5.48. The van der Waals surface area contributed by atoms with Crippen molar-refractivity contribution in [2.75, 3.05) is 20.3 Å². The third-order valence-corrected chi connectivity index (χ3v) is 2.98. The van der Waals surface area contributed by atoms with E-state index in [0.29, 0.717) is 18.8 Å². The lowest BCUT2D eigenvalue weighted by atomic mass is 10.2. The van der Waals surface area contributed by atoms with Crippen LogP contribution in [0.5, 0.6) is 0 Å². The molecule has 0 unspecified atom stereocenters. The molecular formula is C13H17N5O3. The molecule has 0 aliphatic carbocycles. The molecule has 0 saturated heterocycles. The molecule has 1 heterocycles. The van der Waals surface area contributed by atoms with Crippen LogP contribution in [0.2, 0.25) is 0 Å². The molecule has 0 aliphatic rings. The normalized spacial score (nSPS) is 10.8. The molecule has 2 rings (SSSR count). The molecule has 2 aromatic rings. The highest BCUT2D eigenvalue weighted by Crippen LogP contribution is 2.20. The summed E-state index contributed by atoms with van der Waals surface area (Å²) >= 11 is 0. The number of nitrogens with zero attached hydrogens (tertiary/aromatic N) is 4. The van der Waals surface area contributed by atoms with E-state index in [2.05, 4.69) is 15.6 Å². The zero-order valence-corrected chi connectivity index (χ0v) is 11.9. The first kappa shape index (κ1) is 15.1. The lowest BCUT2D eigenvalue weighted by Gasteiger charge is -2.04. The van der Waals surface area contributed by atoms with Crippen LogP contribution in [0.15, 0.2) is 24.4 Å². The van der Waals surface area contributed by atoms with E-state index in [-0.39, 0.29) is 5.69 Å². The quantitative estimate of drug-likeness (QED) is 0.468. The number of hydrogen-bond acceptors (Lipinski definition) is 6. The molecule has 0 amide bonds. The van der Waals surface area contributed by atoms with Gasteiger partial charge in [0.1, 0.15) is 0 Å². The van der Waals surface area contributed by atoms with Crippen LogP contribution < -0.4 is 5.32 Å². The van der Waals surface area contributed by atoms with Crippen molar-refractivity contribution in [1.29, 1.82) is 0 Å². The summed E-state index contributed by atoms with van der Waals surface area (Å²) in [6, 6.07) is 4.67. The first-order valence-electron chi connectivity index (χ1n) is 6.48. The van der Waals surface area contributed by atoms with Crippen molar-refractivity contribution in [2.24, 2.45) is 0 Å². The molecule has 0 spiro atoms. The number of hydrogen-bond donors (Lipinski definition) is 1. The molecule has 1 aromatic carbocycles. The average Bonchev–Trinajstić information content (AvgIpc) is 2.92. The SMILES string of the molecule is COCCNCc1cn(-c2cc([N+](=O)[O-])ccc2C)nn1. The number of aryl methyl sites for hydroxylation is 1. The maximum atomic E-state index is 10.8.